The van der Waals surface area contributed by atoms with Gasteiger partial charge in [0.2, 0.25) is 0 Å². The van der Waals surface area contributed by atoms with Gasteiger partial charge in [0.1, 0.15) is 6.54 Å². The van der Waals surface area contributed by atoms with Crippen LogP contribution in [0.1, 0.15) is 24.0 Å². The Morgan fingerprint density at radius 3 is 2.61 bits per heavy atom. The van der Waals surface area contributed by atoms with E-state index in [1.165, 1.54) is 9.80 Å². The van der Waals surface area contributed by atoms with Gasteiger partial charge in [-0.3, -0.25) is 15.1 Å². The molecule has 5 amide bonds. The lowest BCUT2D eigenvalue weighted by Gasteiger charge is -2.38. The number of urea groups is 2. The predicted molar refractivity (Wildman–Crippen MR) is 148 cm³/mol. The molecule has 0 spiro atoms. The molecule has 5 rings (SSSR count). The van der Waals surface area contributed by atoms with Gasteiger partial charge in [-0.2, -0.15) is 0 Å². The molecule has 11 heteroatoms. The Labute approximate surface area is 231 Å². The second kappa shape index (κ2) is 11.2. The van der Waals surface area contributed by atoms with E-state index < -0.39 is 0 Å². The Hall–Kier alpha value is -3.27. The first-order chi connectivity index (χ1) is 18.3. The molecule has 0 saturated carbocycles. The van der Waals surface area contributed by atoms with Crippen molar-refractivity contribution in [1.29, 1.82) is 0 Å². The number of halogens is 2. The van der Waals surface area contributed by atoms with Gasteiger partial charge in [-0.15, -0.1) is 0 Å². The zero-order valence-corrected chi connectivity index (χ0v) is 22.6. The van der Waals surface area contributed by atoms with Crippen LogP contribution in [0.4, 0.5) is 15.3 Å². The number of hydrazine groups is 1. The zero-order valence-electron chi connectivity index (χ0n) is 21.1. The fourth-order valence-electron chi connectivity index (χ4n) is 5.24. The van der Waals surface area contributed by atoms with E-state index in [-0.39, 0.29) is 30.6 Å². The number of benzene rings is 2. The molecular formula is C27H30Cl2N6O3. The SMILES string of the molecule is CN1CC(c2cccc(Cl)c2Cl)=CN(CC(=O)NN2CCC(N3CCc4ccccc4NC3=O)CC2)C1=O. The summed E-state index contributed by atoms with van der Waals surface area (Å²) in [5, 5.41) is 5.73. The van der Waals surface area contributed by atoms with Crippen molar-refractivity contribution in [2.24, 2.45) is 0 Å². The van der Waals surface area contributed by atoms with Gasteiger partial charge >= 0.3 is 12.1 Å². The maximum atomic E-state index is 12.9. The normalized spacial score (nSPS) is 19.0. The first-order valence-corrected chi connectivity index (χ1v) is 13.4. The Bertz CT molecular complexity index is 1280. The number of hydrogen-bond donors (Lipinski definition) is 2. The molecule has 1 saturated heterocycles. The number of amides is 5. The number of nitrogens with one attached hydrogen (secondary N) is 2. The minimum Gasteiger partial charge on any atom is -0.323 e. The summed E-state index contributed by atoms with van der Waals surface area (Å²) in [6, 6.07) is 13.0. The molecule has 0 aromatic heterocycles. The quantitative estimate of drug-likeness (QED) is 0.575. The molecule has 0 aliphatic carbocycles. The minimum atomic E-state index is -0.289. The highest BCUT2D eigenvalue weighted by Crippen LogP contribution is 2.32. The second-order valence-electron chi connectivity index (χ2n) is 9.81. The number of nitrogens with zero attached hydrogens (tertiary/aromatic N) is 4. The molecule has 38 heavy (non-hydrogen) atoms. The predicted octanol–water partition coefficient (Wildman–Crippen LogP) is 4.29. The van der Waals surface area contributed by atoms with Crippen LogP contribution in [0.5, 0.6) is 0 Å². The maximum absolute atomic E-state index is 12.9. The summed E-state index contributed by atoms with van der Waals surface area (Å²) in [7, 11) is 1.68. The van der Waals surface area contributed by atoms with Crippen molar-refractivity contribution in [1.82, 2.24) is 25.1 Å². The van der Waals surface area contributed by atoms with Gasteiger partial charge in [0.25, 0.3) is 5.91 Å². The van der Waals surface area contributed by atoms with Gasteiger partial charge in [0.15, 0.2) is 0 Å². The molecule has 1 fully saturated rings. The van der Waals surface area contributed by atoms with Crippen molar-refractivity contribution >= 4 is 52.4 Å². The molecule has 2 N–H and O–H groups in total. The molecule has 0 unspecified atom stereocenters. The first-order valence-electron chi connectivity index (χ1n) is 12.7. The zero-order chi connectivity index (χ0) is 26.8. The number of carbonyl (C=O) groups excluding carboxylic acids is 3. The number of rotatable bonds is 5. The standard InChI is InChI=1S/C27H30Cl2N6O3/c1-32-15-19(21-6-4-7-22(28)25(21)29)16-33(27(32)38)17-24(36)31-34-12-10-20(11-13-34)35-14-9-18-5-2-3-8-23(18)30-26(35)37/h2-8,16,20H,9-15,17H2,1H3,(H,30,37)(H,31,36). The maximum Gasteiger partial charge on any atom is 0.324 e. The van der Waals surface area contributed by atoms with Crippen LogP contribution in [-0.2, 0) is 11.2 Å². The third kappa shape index (κ3) is 5.60. The monoisotopic (exact) mass is 556 g/mol. The lowest BCUT2D eigenvalue weighted by atomic mass is 10.0. The van der Waals surface area contributed by atoms with E-state index >= 15 is 0 Å². The fraction of sp³-hybridized carbons (Fsp3) is 0.370. The average molecular weight is 557 g/mol. The lowest BCUT2D eigenvalue weighted by molar-refractivity contribution is -0.127. The highest BCUT2D eigenvalue weighted by molar-refractivity contribution is 6.43. The largest absolute Gasteiger partial charge is 0.324 e. The second-order valence-corrected chi connectivity index (χ2v) is 10.6. The number of fused-ring (bicyclic) bond motifs is 1. The molecule has 2 aromatic rings. The van der Waals surface area contributed by atoms with E-state index in [1.807, 2.05) is 40.2 Å². The van der Waals surface area contributed by atoms with Crippen molar-refractivity contribution in [3.8, 4) is 0 Å². The number of likely N-dealkylation sites (N-methyl/N-ethyl adjacent to an activating group) is 1. The molecular weight excluding hydrogens is 527 g/mol. The van der Waals surface area contributed by atoms with Crippen molar-refractivity contribution < 1.29 is 14.4 Å². The van der Waals surface area contributed by atoms with Crippen molar-refractivity contribution in [3.63, 3.8) is 0 Å². The highest BCUT2D eigenvalue weighted by atomic mass is 35.5. The van der Waals surface area contributed by atoms with E-state index in [0.29, 0.717) is 36.2 Å². The van der Waals surface area contributed by atoms with Crippen LogP contribution in [0.15, 0.2) is 48.7 Å². The molecule has 0 bridgehead atoms. The van der Waals surface area contributed by atoms with Crippen LogP contribution in [0.3, 0.4) is 0 Å². The van der Waals surface area contributed by atoms with E-state index in [0.717, 1.165) is 41.6 Å². The number of para-hydroxylation sites is 1. The summed E-state index contributed by atoms with van der Waals surface area (Å²) in [5.74, 6) is -0.289. The molecule has 3 heterocycles. The lowest BCUT2D eigenvalue weighted by Crippen LogP contribution is -2.55. The van der Waals surface area contributed by atoms with E-state index in [4.69, 9.17) is 23.2 Å². The van der Waals surface area contributed by atoms with Crippen molar-refractivity contribution in [3.05, 3.63) is 69.8 Å². The Balaban J connectivity index is 1.16. The van der Waals surface area contributed by atoms with E-state index in [2.05, 4.69) is 10.7 Å². The van der Waals surface area contributed by atoms with Crippen LogP contribution in [-0.4, -0.2) is 83.5 Å². The Morgan fingerprint density at radius 2 is 1.82 bits per heavy atom. The Morgan fingerprint density at radius 1 is 1.05 bits per heavy atom. The van der Waals surface area contributed by atoms with Gasteiger partial charge < -0.3 is 15.1 Å². The summed E-state index contributed by atoms with van der Waals surface area (Å²) in [5.41, 5.74) is 6.46. The summed E-state index contributed by atoms with van der Waals surface area (Å²) in [6.45, 7) is 2.12. The molecule has 3 aliphatic rings. The first kappa shape index (κ1) is 26.3. The van der Waals surface area contributed by atoms with Gasteiger partial charge in [-0.05, 0) is 42.5 Å². The van der Waals surface area contributed by atoms with Crippen LogP contribution in [0, 0.1) is 0 Å². The number of anilines is 1. The summed E-state index contributed by atoms with van der Waals surface area (Å²) in [4.78, 5) is 43.3. The van der Waals surface area contributed by atoms with Crippen LogP contribution >= 0.6 is 23.2 Å². The van der Waals surface area contributed by atoms with Crippen molar-refractivity contribution in [2.75, 3.05) is 45.1 Å². The molecule has 200 valence electrons. The molecule has 0 radical (unpaired) electrons. The molecule has 0 atom stereocenters. The van der Waals surface area contributed by atoms with E-state index in [1.54, 1.807) is 25.4 Å². The topological polar surface area (TPSA) is 88.2 Å². The molecule has 3 aliphatic heterocycles. The van der Waals surface area contributed by atoms with Crippen molar-refractivity contribution in [2.45, 2.75) is 25.3 Å². The number of carbonyl (C=O) groups is 3. The smallest absolute Gasteiger partial charge is 0.323 e. The van der Waals surface area contributed by atoms with Gasteiger partial charge in [0, 0.05) is 56.7 Å². The van der Waals surface area contributed by atoms with Crippen LogP contribution < -0.4 is 10.7 Å². The summed E-state index contributed by atoms with van der Waals surface area (Å²) < 4.78 is 0. The van der Waals surface area contributed by atoms with E-state index in [9.17, 15) is 14.4 Å². The highest BCUT2D eigenvalue weighted by Gasteiger charge is 2.31. The van der Waals surface area contributed by atoms with Crippen LogP contribution in [0.2, 0.25) is 10.0 Å². The molecule has 9 nitrogen and oxygen atoms in total. The van der Waals surface area contributed by atoms with Gasteiger partial charge in [-0.1, -0.05) is 53.5 Å². The Kier molecular flexibility index (Phi) is 7.78. The third-order valence-electron chi connectivity index (χ3n) is 7.23. The number of hydrogen-bond acceptors (Lipinski definition) is 4. The third-order valence-corrected chi connectivity index (χ3v) is 8.05. The summed E-state index contributed by atoms with van der Waals surface area (Å²) >= 11 is 12.6. The van der Waals surface area contributed by atoms with Gasteiger partial charge in [-0.25, -0.2) is 14.6 Å². The fourth-order valence-corrected chi connectivity index (χ4v) is 5.66. The van der Waals surface area contributed by atoms with Crippen LogP contribution in [0.25, 0.3) is 5.57 Å². The molecule has 2 aromatic carbocycles. The van der Waals surface area contributed by atoms with Gasteiger partial charge in [0.05, 0.1) is 10.0 Å². The summed E-state index contributed by atoms with van der Waals surface area (Å²) in [6.07, 6.45) is 3.96. The number of piperidine rings is 1. The minimum absolute atomic E-state index is 0.0763. The average Bonchev–Trinajstić information content (AvgIpc) is 3.07.